The third-order valence-electron chi connectivity index (χ3n) is 2.71. The van der Waals surface area contributed by atoms with Crippen LogP contribution in [0.3, 0.4) is 0 Å². The molecule has 0 fully saturated rings. The number of nitrogens with one attached hydrogen (secondary N) is 1. The zero-order valence-corrected chi connectivity index (χ0v) is 8.73. The molecule has 1 rings (SSSR count). The van der Waals surface area contributed by atoms with E-state index >= 15 is 0 Å². The van der Waals surface area contributed by atoms with Crippen LogP contribution in [0.4, 0.5) is 13.2 Å². The van der Waals surface area contributed by atoms with Gasteiger partial charge in [0, 0.05) is 0 Å². The van der Waals surface area contributed by atoms with Crippen LogP contribution in [-0.4, -0.2) is 13.2 Å². The van der Waals surface area contributed by atoms with Crippen LogP contribution in [-0.2, 0) is 5.54 Å². The topological polar surface area (TPSA) is 12.0 Å². The maximum atomic E-state index is 13.0. The number of halogens is 3. The fourth-order valence-electron chi connectivity index (χ4n) is 1.75. The van der Waals surface area contributed by atoms with Crippen LogP contribution in [0.15, 0.2) is 30.3 Å². The lowest BCUT2D eigenvalue weighted by Gasteiger charge is -2.35. The first-order chi connectivity index (χ1) is 6.98. The smallest absolute Gasteiger partial charge is 0.303 e. The van der Waals surface area contributed by atoms with Crippen LogP contribution < -0.4 is 5.32 Å². The van der Waals surface area contributed by atoms with Crippen molar-refractivity contribution in [2.24, 2.45) is 0 Å². The van der Waals surface area contributed by atoms with Gasteiger partial charge >= 0.3 is 6.18 Å². The molecule has 1 nitrogen and oxygen atoms in total. The second-order valence-electron chi connectivity index (χ2n) is 3.37. The first-order valence-electron chi connectivity index (χ1n) is 4.79. The summed E-state index contributed by atoms with van der Waals surface area (Å²) in [5.41, 5.74) is -1.68. The Morgan fingerprint density at radius 3 is 2.00 bits per heavy atom. The molecule has 1 aromatic rings. The van der Waals surface area contributed by atoms with Crippen molar-refractivity contribution in [3.05, 3.63) is 35.9 Å². The van der Waals surface area contributed by atoms with E-state index in [0.717, 1.165) is 0 Å². The summed E-state index contributed by atoms with van der Waals surface area (Å²) in [6, 6.07) is 7.92. The lowest BCUT2D eigenvalue weighted by atomic mass is 9.86. The van der Waals surface area contributed by atoms with Gasteiger partial charge in [0.25, 0.3) is 0 Å². The van der Waals surface area contributed by atoms with E-state index in [2.05, 4.69) is 5.32 Å². The SMILES string of the molecule is CCC(NC)(c1ccccc1)C(F)(F)F. The lowest BCUT2D eigenvalue weighted by molar-refractivity contribution is -0.200. The van der Waals surface area contributed by atoms with E-state index in [-0.39, 0.29) is 12.0 Å². The van der Waals surface area contributed by atoms with Gasteiger partial charge in [-0.1, -0.05) is 37.3 Å². The van der Waals surface area contributed by atoms with Gasteiger partial charge in [-0.2, -0.15) is 13.2 Å². The zero-order chi connectivity index (χ0) is 11.5. The Bertz CT molecular complexity index is 301. The fourth-order valence-corrected chi connectivity index (χ4v) is 1.75. The van der Waals surface area contributed by atoms with Gasteiger partial charge in [0.05, 0.1) is 0 Å². The van der Waals surface area contributed by atoms with Gasteiger partial charge in [-0.05, 0) is 19.0 Å². The maximum Gasteiger partial charge on any atom is 0.410 e. The summed E-state index contributed by atoms with van der Waals surface area (Å²) < 4.78 is 39.0. The predicted octanol–water partition coefficient (Wildman–Crippen LogP) is 3.07. The summed E-state index contributed by atoms with van der Waals surface area (Å²) in [6.07, 6.45) is -4.32. The maximum absolute atomic E-state index is 13.0. The van der Waals surface area contributed by atoms with E-state index in [0.29, 0.717) is 0 Å². The molecular weight excluding hydrogens is 203 g/mol. The van der Waals surface area contributed by atoms with Crippen molar-refractivity contribution < 1.29 is 13.2 Å². The monoisotopic (exact) mass is 217 g/mol. The van der Waals surface area contributed by atoms with Crippen LogP contribution >= 0.6 is 0 Å². The van der Waals surface area contributed by atoms with Crippen molar-refractivity contribution in [1.29, 1.82) is 0 Å². The Labute approximate surface area is 87.3 Å². The molecule has 0 radical (unpaired) electrons. The molecule has 0 saturated carbocycles. The van der Waals surface area contributed by atoms with Crippen molar-refractivity contribution in [2.45, 2.75) is 25.1 Å². The Morgan fingerprint density at radius 2 is 1.67 bits per heavy atom. The minimum atomic E-state index is -4.29. The van der Waals surface area contributed by atoms with E-state index in [1.165, 1.54) is 26.1 Å². The molecule has 0 aliphatic rings. The number of hydrogen-bond acceptors (Lipinski definition) is 1. The molecule has 0 spiro atoms. The summed E-state index contributed by atoms with van der Waals surface area (Å²) in [4.78, 5) is 0. The van der Waals surface area contributed by atoms with E-state index in [1.807, 2.05) is 0 Å². The Hall–Kier alpha value is -1.03. The van der Waals surface area contributed by atoms with Crippen LogP contribution in [0, 0.1) is 0 Å². The molecule has 84 valence electrons. The highest BCUT2D eigenvalue weighted by atomic mass is 19.4. The van der Waals surface area contributed by atoms with Gasteiger partial charge in [0.2, 0.25) is 0 Å². The molecule has 0 aliphatic heterocycles. The van der Waals surface area contributed by atoms with Gasteiger partial charge in [-0.3, -0.25) is 0 Å². The van der Waals surface area contributed by atoms with Gasteiger partial charge < -0.3 is 5.32 Å². The average molecular weight is 217 g/mol. The van der Waals surface area contributed by atoms with Crippen LogP contribution in [0.2, 0.25) is 0 Å². The van der Waals surface area contributed by atoms with Gasteiger partial charge in [-0.25, -0.2) is 0 Å². The first kappa shape index (κ1) is 12.0. The predicted molar refractivity (Wildman–Crippen MR) is 53.5 cm³/mol. The fraction of sp³-hybridized carbons (Fsp3) is 0.455. The second-order valence-corrected chi connectivity index (χ2v) is 3.37. The van der Waals surface area contributed by atoms with Crippen LogP contribution in [0.25, 0.3) is 0 Å². The molecule has 1 atom stereocenters. The molecule has 15 heavy (non-hydrogen) atoms. The molecular formula is C11H14F3N. The molecule has 1 N–H and O–H groups in total. The average Bonchev–Trinajstić information content (AvgIpc) is 2.20. The minimum absolute atomic E-state index is 0.0307. The Morgan fingerprint density at radius 1 is 1.13 bits per heavy atom. The van der Waals surface area contributed by atoms with E-state index < -0.39 is 11.7 Å². The molecule has 1 aromatic carbocycles. The highest BCUT2D eigenvalue weighted by Crippen LogP contribution is 2.40. The standard InChI is InChI=1S/C11H14F3N/c1-3-10(15-2,11(12,13)14)9-7-5-4-6-8-9/h4-8,15H,3H2,1-2H3. The van der Waals surface area contributed by atoms with Crippen molar-refractivity contribution in [2.75, 3.05) is 7.05 Å². The van der Waals surface area contributed by atoms with Gasteiger partial charge in [0.15, 0.2) is 0 Å². The van der Waals surface area contributed by atoms with Gasteiger partial charge in [0.1, 0.15) is 5.54 Å². The molecule has 4 heteroatoms. The molecule has 0 aliphatic carbocycles. The van der Waals surface area contributed by atoms with Crippen LogP contribution in [0.1, 0.15) is 18.9 Å². The van der Waals surface area contributed by atoms with E-state index in [9.17, 15) is 13.2 Å². The minimum Gasteiger partial charge on any atom is -0.303 e. The summed E-state index contributed by atoms with van der Waals surface area (Å²) in [5.74, 6) is 0. The Balaban J connectivity index is 3.24. The summed E-state index contributed by atoms with van der Waals surface area (Å²) in [6.45, 7) is 1.52. The summed E-state index contributed by atoms with van der Waals surface area (Å²) in [5, 5.41) is 2.40. The lowest BCUT2D eigenvalue weighted by Crippen LogP contribution is -2.51. The van der Waals surface area contributed by atoms with Crippen molar-refractivity contribution in [3.8, 4) is 0 Å². The van der Waals surface area contributed by atoms with Crippen LogP contribution in [0.5, 0.6) is 0 Å². The Kier molecular flexibility index (Phi) is 3.39. The quantitative estimate of drug-likeness (QED) is 0.820. The number of hydrogen-bond donors (Lipinski definition) is 1. The molecule has 0 amide bonds. The zero-order valence-electron chi connectivity index (χ0n) is 8.73. The molecule has 0 heterocycles. The summed E-state index contributed by atoms with van der Waals surface area (Å²) in [7, 11) is 1.34. The highest BCUT2D eigenvalue weighted by molar-refractivity contribution is 5.26. The third-order valence-corrected chi connectivity index (χ3v) is 2.71. The molecule has 0 saturated heterocycles. The molecule has 0 bridgehead atoms. The van der Waals surface area contributed by atoms with Crippen molar-refractivity contribution in [1.82, 2.24) is 5.32 Å². The third kappa shape index (κ3) is 2.00. The summed E-state index contributed by atoms with van der Waals surface area (Å²) >= 11 is 0. The largest absolute Gasteiger partial charge is 0.410 e. The second kappa shape index (κ2) is 4.23. The number of rotatable bonds is 3. The van der Waals surface area contributed by atoms with E-state index in [1.54, 1.807) is 18.2 Å². The normalized spacial score (nSPS) is 16.1. The first-order valence-corrected chi connectivity index (χ1v) is 4.79. The van der Waals surface area contributed by atoms with Gasteiger partial charge in [-0.15, -0.1) is 0 Å². The number of alkyl halides is 3. The molecule has 1 unspecified atom stereocenters. The highest BCUT2D eigenvalue weighted by Gasteiger charge is 2.53. The van der Waals surface area contributed by atoms with E-state index in [4.69, 9.17) is 0 Å². The molecule has 0 aromatic heterocycles. The van der Waals surface area contributed by atoms with Crippen molar-refractivity contribution in [3.63, 3.8) is 0 Å². The van der Waals surface area contributed by atoms with Crippen molar-refractivity contribution >= 4 is 0 Å². The number of benzene rings is 1.